The SMILES string of the molecule is C[C@@H]1CN(C(=O)C[C@@H](Cc2cc(F)c(F)cc2F)NC(=O)OC(C)(C)C)C[C@H](C)N1. The van der Waals surface area contributed by atoms with Crippen LogP contribution < -0.4 is 10.6 Å². The molecule has 0 radical (unpaired) electrons. The number of nitrogens with one attached hydrogen (secondary N) is 2. The predicted octanol–water partition coefficient (Wildman–Crippen LogP) is 3.14. The van der Waals surface area contributed by atoms with E-state index in [1.807, 2.05) is 13.8 Å². The molecule has 2 N–H and O–H groups in total. The molecule has 3 atom stereocenters. The van der Waals surface area contributed by atoms with E-state index in [2.05, 4.69) is 10.6 Å². The second-order valence-corrected chi connectivity index (χ2v) is 8.88. The molecule has 0 bridgehead atoms. The number of ether oxygens (including phenoxy) is 1. The van der Waals surface area contributed by atoms with E-state index in [-0.39, 0.29) is 36.4 Å². The molecular weight excluding hydrogens is 399 g/mol. The van der Waals surface area contributed by atoms with Gasteiger partial charge in [0, 0.05) is 43.7 Å². The molecule has 1 aliphatic heterocycles. The van der Waals surface area contributed by atoms with Crippen molar-refractivity contribution in [2.45, 2.75) is 71.2 Å². The van der Waals surface area contributed by atoms with Gasteiger partial charge in [-0.3, -0.25) is 4.79 Å². The number of nitrogens with zero attached hydrogens (tertiary/aromatic N) is 1. The summed E-state index contributed by atoms with van der Waals surface area (Å²) in [5.41, 5.74) is -0.903. The van der Waals surface area contributed by atoms with Crippen LogP contribution in [0.4, 0.5) is 18.0 Å². The highest BCUT2D eigenvalue weighted by atomic mass is 19.2. The molecule has 2 rings (SSSR count). The molecule has 1 aliphatic rings. The molecule has 0 unspecified atom stereocenters. The van der Waals surface area contributed by atoms with Gasteiger partial charge >= 0.3 is 6.09 Å². The van der Waals surface area contributed by atoms with E-state index in [0.29, 0.717) is 19.2 Å². The van der Waals surface area contributed by atoms with Gasteiger partial charge in [0.15, 0.2) is 11.6 Å². The minimum absolute atomic E-state index is 0.110. The number of hydrogen-bond acceptors (Lipinski definition) is 4. The molecule has 1 saturated heterocycles. The van der Waals surface area contributed by atoms with Crippen LogP contribution >= 0.6 is 0 Å². The van der Waals surface area contributed by atoms with Gasteiger partial charge in [0.1, 0.15) is 11.4 Å². The van der Waals surface area contributed by atoms with Gasteiger partial charge in [-0.25, -0.2) is 18.0 Å². The number of piperazine rings is 1. The smallest absolute Gasteiger partial charge is 0.407 e. The fourth-order valence-electron chi connectivity index (χ4n) is 3.50. The first-order chi connectivity index (χ1) is 13.8. The number of benzene rings is 1. The van der Waals surface area contributed by atoms with Crippen LogP contribution in [0.2, 0.25) is 0 Å². The van der Waals surface area contributed by atoms with Crippen molar-refractivity contribution in [3.05, 3.63) is 35.1 Å². The summed E-state index contributed by atoms with van der Waals surface area (Å²) in [4.78, 5) is 26.7. The number of carbonyl (C=O) groups excluding carboxylic acids is 2. The molecule has 1 heterocycles. The molecule has 6 nitrogen and oxygen atoms in total. The summed E-state index contributed by atoms with van der Waals surface area (Å²) in [6.07, 6.45) is -1.09. The lowest BCUT2D eigenvalue weighted by atomic mass is 10.0. The maximum Gasteiger partial charge on any atom is 0.407 e. The minimum Gasteiger partial charge on any atom is -0.444 e. The van der Waals surface area contributed by atoms with E-state index >= 15 is 0 Å². The quantitative estimate of drug-likeness (QED) is 0.706. The molecule has 1 aromatic rings. The summed E-state index contributed by atoms with van der Waals surface area (Å²) in [7, 11) is 0. The van der Waals surface area contributed by atoms with Crippen LogP contribution in [0, 0.1) is 17.5 Å². The molecule has 0 saturated carbocycles. The molecule has 0 aliphatic carbocycles. The highest BCUT2D eigenvalue weighted by Crippen LogP contribution is 2.18. The maximum absolute atomic E-state index is 14.1. The van der Waals surface area contributed by atoms with Crippen molar-refractivity contribution < 1.29 is 27.5 Å². The molecule has 168 valence electrons. The second-order valence-electron chi connectivity index (χ2n) is 8.88. The van der Waals surface area contributed by atoms with Crippen molar-refractivity contribution in [3.8, 4) is 0 Å². The molecule has 9 heteroatoms. The third-order valence-electron chi connectivity index (χ3n) is 4.61. The Hall–Kier alpha value is -2.29. The first-order valence-corrected chi connectivity index (χ1v) is 10.0. The Morgan fingerprint density at radius 3 is 2.27 bits per heavy atom. The van der Waals surface area contributed by atoms with E-state index in [4.69, 9.17) is 4.74 Å². The van der Waals surface area contributed by atoms with Crippen LogP contribution in [0.25, 0.3) is 0 Å². The molecule has 30 heavy (non-hydrogen) atoms. The van der Waals surface area contributed by atoms with E-state index in [1.54, 1.807) is 25.7 Å². The fourth-order valence-corrected chi connectivity index (χ4v) is 3.50. The lowest BCUT2D eigenvalue weighted by molar-refractivity contribution is -0.133. The zero-order valence-electron chi connectivity index (χ0n) is 18.0. The summed E-state index contributed by atoms with van der Waals surface area (Å²) in [6.45, 7) is 9.98. The highest BCUT2D eigenvalue weighted by Gasteiger charge is 2.29. The van der Waals surface area contributed by atoms with Crippen LogP contribution in [0.5, 0.6) is 0 Å². The highest BCUT2D eigenvalue weighted by molar-refractivity contribution is 5.78. The zero-order chi connectivity index (χ0) is 22.6. The Morgan fingerprint density at radius 2 is 1.70 bits per heavy atom. The van der Waals surface area contributed by atoms with Crippen LogP contribution in [0.1, 0.15) is 46.6 Å². The Kier molecular flexibility index (Phi) is 7.74. The van der Waals surface area contributed by atoms with E-state index in [1.165, 1.54) is 0 Å². The van der Waals surface area contributed by atoms with Crippen LogP contribution in [0.15, 0.2) is 12.1 Å². The maximum atomic E-state index is 14.1. The summed E-state index contributed by atoms with van der Waals surface area (Å²) in [6, 6.07) is 0.564. The van der Waals surface area contributed by atoms with Crippen LogP contribution in [0.3, 0.4) is 0 Å². The number of halogens is 3. The van der Waals surface area contributed by atoms with Gasteiger partial charge in [-0.2, -0.15) is 0 Å². The van der Waals surface area contributed by atoms with Gasteiger partial charge in [-0.15, -0.1) is 0 Å². The number of rotatable bonds is 5. The second kappa shape index (κ2) is 9.68. The Bertz CT molecular complexity index is 773. The number of hydrogen-bond donors (Lipinski definition) is 2. The van der Waals surface area contributed by atoms with Crippen LogP contribution in [-0.4, -0.2) is 53.7 Å². The average Bonchev–Trinajstić information content (AvgIpc) is 2.56. The number of carbonyl (C=O) groups is 2. The molecule has 1 fully saturated rings. The lowest BCUT2D eigenvalue weighted by Gasteiger charge is -2.37. The average molecular weight is 429 g/mol. The first kappa shape index (κ1) is 24.0. The third-order valence-corrected chi connectivity index (χ3v) is 4.61. The third kappa shape index (κ3) is 7.19. The number of amides is 2. The normalized spacial score (nSPS) is 20.6. The van der Waals surface area contributed by atoms with Crippen molar-refractivity contribution in [1.82, 2.24) is 15.5 Å². The monoisotopic (exact) mass is 429 g/mol. The van der Waals surface area contributed by atoms with Gasteiger partial charge in [0.25, 0.3) is 0 Å². The Labute approximate surface area is 175 Å². The van der Waals surface area contributed by atoms with E-state index in [9.17, 15) is 22.8 Å². The molecular formula is C21H30F3N3O3. The van der Waals surface area contributed by atoms with Crippen molar-refractivity contribution in [2.24, 2.45) is 0 Å². The van der Waals surface area contributed by atoms with Gasteiger partial charge < -0.3 is 20.3 Å². The Balaban J connectivity index is 2.17. The standard InChI is InChI=1S/C21H30F3N3O3/c1-12-10-27(11-13(2)25-12)19(28)8-15(26-20(29)30-21(3,4)5)6-14-7-17(23)18(24)9-16(14)22/h7,9,12-13,15,25H,6,8,10-11H2,1-5H3,(H,26,29)/t12-,13+,15-/m1/s1. The largest absolute Gasteiger partial charge is 0.444 e. The molecule has 0 aromatic heterocycles. The van der Waals surface area contributed by atoms with Crippen molar-refractivity contribution in [1.29, 1.82) is 0 Å². The van der Waals surface area contributed by atoms with E-state index < -0.39 is 35.2 Å². The van der Waals surface area contributed by atoms with Crippen LogP contribution in [-0.2, 0) is 16.0 Å². The van der Waals surface area contributed by atoms with Crippen molar-refractivity contribution >= 4 is 12.0 Å². The van der Waals surface area contributed by atoms with Gasteiger partial charge in [0.2, 0.25) is 5.91 Å². The topological polar surface area (TPSA) is 70.7 Å². The van der Waals surface area contributed by atoms with Gasteiger partial charge in [0.05, 0.1) is 0 Å². The van der Waals surface area contributed by atoms with Crippen molar-refractivity contribution in [3.63, 3.8) is 0 Å². The predicted molar refractivity (Wildman–Crippen MR) is 106 cm³/mol. The summed E-state index contributed by atoms with van der Waals surface area (Å²) < 4.78 is 46.2. The number of alkyl carbamates (subject to hydrolysis) is 1. The zero-order valence-corrected chi connectivity index (χ0v) is 18.0. The first-order valence-electron chi connectivity index (χ1n) is 10.0. The lowest BCUT2D eigenvalue weighted by Crippen LogP contribution is -2.56. The molecule has 0 spiro atoms. The van der Waals surface area contributed by atoms with Gasteiger partial charge in [-0.1, -0.05) is 0 Å². The molecule has 1 aromatic carbocycles. The Morgan fingerprint density at radius 1 is 1.13 bits per heavy atom. The molecule has 2 amide bonds. The summed E-state index contributed by atoms with van der Waals surface area (Å²) in [5, 5.41) is 5.89. The van der Waals surface area contributed by atoms with E-state index in [0.717, 1.165) is 6.07 Å². The summed E-state index contributed by atoms with van der Waals surface area (Å²) >= 11 is 0. The fraction of sp³-hybridized carbons (Fsp3) is 0.619. The summed E-state index contributed by atoms with van der Waals surface area (Å²) in [5.74, 6) is -3.66. The minimum atomic E-state index is -1.30. The van der Waals surface area contributed by atoms with Crippen molar-refractivity contribution in [2.75, 3.05) is 13.1 Å². The van der Waals surface area contributed by atoms with Gasteiger partial charge in [-0.05, 0) is 52.7 Å².